The van der Waals surface area contributed by atoms with Gasteiger partial charge >= 0.3 is 0 Å². The molecule has 0 saturated carbocycles. The zero-order chi connectivity index (χ0) is 8.43. The second kappa shape index (κ2) is 3.05. The van der Waals surface area contributed by atoms with Gasteiger partial charge in [0, 0.05) is 12.2 Å². The Labute approximate surface area is 67.2 Å². The summed E-state index contributed by atoms with van der Waals surface area (Å²) < 4.78 is 2.11. The Bertz CT molecular complexity index is 237. The third-order valence-corrected chi connectivity index (χ3v) is 1.67. The van der Waals surface area contributed by atoms with Gasteiger partial charge in [-0.1, -0.05) is 0 Å². The quantitative estimate of drug-likeness (QED) is 0.694. The molecule has 0 aliphatic carbocycles. The smallest absolute Gasteiger partial charge is 0.122 e. The van der Waals surface area contributed by atoms with Crippen molar-refractivity contribution in [2.45, 2.75) is 33.4 Å². The van der Waals surface area contributed by atoms with Gasteiger partial charge in [-0.3, -0.25) is 0 Å². The fourth-order valence-electron chi connectivity index (χ4n) is 1.16. The van der Waals surface area contributed by atoms with Crippen LogP contribution >= 0.6 is 0 Å². The fourth-order valence-corrected chi connectivity index (χ4v) is 1.16. The summed E-state index contributed by atoms with van der Waals surface area (Å²) >= 11 is 0. The van der Waals surface area contributed by atoms with E-state index in [0.717, 1.165) is 11.5 Å². The van der Waals surface area contributed by atoms with Crippen LogP contribution in [0.25, 0.3) is 0 Å². The highest BCUT2D eigenvalue weighted by molar-refractivity contribution is 5.02. The highest BCUT2D eigenvalue weighted by Crippen LogP contribution is 2.09. The predicted molar refractivity (Wildman–Crippen MR) is 45.2 cm³/mol. The molecule has 0 saturated heterocycles. The molecule has 0 unspecified atom stereocenters. The molecule has 1 rings (SSSR count). The summed E-state index contributed by atoms with van der Waals surface area (Å²) in [5.41, 5.74) is 6.56. The molecular formula is C8H15N3. The van der Waals surface area contributed by atoms with Crippen LogP contribution in [0.4, 0.5) is 0 Å². The molecule has 3 nitrogen and oxygen atoms in total. The Kier molecular flexibility index (Phi) is 2.29. The summed E-state index contributed by atoms with van der Waals surface area (Å²) in [6.45, 7) is 6.75. The van der Waals surface area contributed by atoms with Crippen molar-refractivity contribution < 1.29 is 0 Å². The van der Waals surface area contributed by atoms with Gasteiger partial charge in [0.2, 0.25) is 0 Å². The SMILES string of the molecule is Cc1cn(C(C)C)c(CN)n1. The predicted octanol–water partition coefficient (Wildman–Crippen LogP) is 1.23. The number of hydrogen-bond donors (Lipinski definition) is 1. The van der Waals surface area contributed by atoms with E-state index in [1.54, 1.807) is 0 Å². The number of hydrogen-bond acceptors (Lipinski definition) is 2. The number of imidazole rings is 1. The van der Waals surface area contributed by atoms with Crippen LogP contribution < -0.4 is 5.73 Å². The minimum absolute atomic E-state index is 0.453. The van der Waals surface area contributed by atoms with Crippen molar-refractivity contribution in [3.8, 4) is 0 Å². The van der Waals surface area contributed by atoms with E-state index in [1.165, 1.54) is 0 Å². The van der Waals surface area contributed by atoms with Crippen molar-refractivity contribution >= 4 is 0 Å². The zero-order valence-electron chi connectivity index (χ0n) is 7.33. The highest BCUT2D eigenvalue weighted by Gasteiger charge is 2.05. The molecule has 0 aromatic carbocycles. The lowest BCUT2D eigenvalue weighted by molar-refractivity contribution is 0.569. The monoisotopic (exact) mass is 153 g/mol. The minimum atomic E-state index is 0.453. The molecule has 0 aliphatic rings. The Balaban J connectivity index is 3.02. The van der Waals surface area contributed by atoms with Crippen LogP contribution in [0.5, 0.6) is 0 Å². The van der Waals surface area contributed by atoms with E-state index < -0.39 is 0 Å². The molecule has 1 aromatic rings. The van der Waals surface area contributed by atoms with Crippen molar-refractivity contribution in [1.82, 2.24) is 9.55 Å². The van der Waals surface area contributed by atoms with Crippen LogP contribution in [0.3, 0.4) is 0 Å². The lowest BCUT2D eigenvalue weighted by Crippen LogP contribution is -2.09. The summed E-state index contributed by atoms with van der Waals surface area (Å²) in [5, 5.41) is 0. The van der Waals surface area contributed by atoms with E-state index in [0.29, 0.717) is 12.6 Å². The molecule has 11 heavy (non-hydrogen) atoms. The average Bonchev–Trinajstić information content (AvgIpc) is 2.30. The summed E-state index contributed by atoms with van der Waals surface area (Å²) in [5.74, 6) is 0.970. The van der Waals surface area contributed by atoms with E-state index in [4.69, 9.17) is 5.73 Å². The molecule has 0 amide bonds. The molecule has 0 spiro atoms. The van der Waals surface area contributed by atoms with Crippen LogP contribution in [-0.4, -0.2) is 9.55 Å². The van der Waals surface area contributed by atoms with Crippen molar-refractivity contribution in [2.24, 2.45) is 5.73 Å². The molecule has 0 bridgehead atoms. The average molecular weight is 153 g/mol. The van der Waals surface area contributed by atoms with E-state index >= 15 is 0 Å². The molecule has 62 valence electrons. The van der Waals surface area contributed by atoms with Gasteiger partial charge < -0.3 is 10.3 Å². The van der Waals surface area contributed by atoms with Gasteiger partial charge in [0.15, 0.2) is 0 Å². The summed E-state index contributed by atoms with van der Waals surface area (Å²) in [6.07, 6.45) is 2.03. The van der Waals surface area contributed by atoms with Gasteiger partial charge in [-0.05, 0) is 20.8 Å². The normalized spacial score (nSPS) is 11.0. The first-order valence-electron chi connectivity index (χ1n) is 3.89. The summed E-state index contributed by atoms with van der Waals surface area (Å²) in [4.78, 5) is 4.29. The van der Waals surface area contributed by atoms with Crippen LogP contribution in [-0.2, 0) is 6.54 Å². The molecule has 0 fully saturated rings. The van der Waals surface area contributed by atoms with E-state index in [1.807, 2.05) is 13.1 Å². The second-order valence-corrected chi connectivity index (χ2v) is 3.00. The van der Waals surface area contributed by atoms with Gasteiger partial charge in [-0.15, -0.1) is 0 Å². The van der Waals surface area contributed by atoms with Gasteiger partial charge in [0.05, 0.1) is 12.2 Å². The van der Waals surface area contributed by atoms with Crippen molar-refractivity contribution in [2.75, 3.05) is 0 Å². The number of nitrogens with two attached hydrogens (primary N) is 1. The number of nitrogens with zero attached hydrogens (tertiary/aromatic N) is 2. The van der Waals surface area contributed by atoms with Gasteiger partial charge in [-0.25, -0.2) is 4.98 Å². The molecule has 2 N–H and O–H groups in total. The number of rotatable bonds is 2. The molecule has 1 aromatic heterocycles. The van der Waals surface area contributed by atoms with Crippen molar-refractivity contribution in [3.63, 3.8) is 0 Å². The first kappa shape index (κ1) is 8.27. The second-order valence-electron chi connectivity index (χ2n) is 3.00. The zero-order valence-corrected chi connectivity index (χ0v) is 7.33. The topological polar surface area (TPSA) is 43.8 Å². The lowest BCUT2D eigenvalue weighted by atomic mass is 10.4. The van der Waals surface area contributed by atoms with E-state index in [9.17, 15) is 0 Å². The third kappa shape index (κ3) is 1.60. The van der Waals surface area contributed by atoms with E-state index in [2.05, 4.69) is 23.4 Å². The van der Waals surface area contributed by atoms with Crippen LogP contribution in [0.2, 0.25) is 0 Å². The van der Waals surface area contributed by atoms with Gasteiger partial charge in [0.1, 0.15) is 5.82 Å². The number of aromatic nitrogens is 2. The van der Waals surface area contributed by atoms with Crippen LogP contribution in [0, 0.1) is 6.92 Å². The standard InChI is InChI=1S/C8H15N3/c1-6(2)11-5-7(3)10-8(11)4-9/h5-6H,4,9H2,1-3H3. The first-order chi connectivity index (χ1) is 5.15. The Morgan fingerprint density at radius 2 is 2.27 bits per heavy atom. The molecule has 3 heteroatoms. The third-order valence-electron chi connectivity index (χ3n) is 1.67. The molecule has 0 aliphatic heterocycles. The fraction of sp³-hybridized carbons (Fsp3) is 0.625. The van der Waals surface area contributed by atoms with Gasteiger partial charge in [-0.2, -0.15) is 0 Å². The molecule has 0 radical (unpaired) electrons. The minimum Gasteiger partial charge on any atom is -0.331 e. The van der Waals surface area contributed by atoms with Crippen molar-refractivity contribution in [1.29, 1.82) is 0 Å². The maximum Gasteiger partial charge on any atom is 0.122 e. The first-order valence-corrected chi connectivity index (χ1v) is 3.89. The van der Waals surface area contributed by atoms with Crippen LogP contribution in [0.15, 0.2) is 6.20 Å². The Morgan fingerprint density at radius 1 is 1.64 bits per heavy atom. The van der Waals surface area contributed by atoms with E-state index in [-0.39, 0.29) is 0 Å². The molecular weight excluding hydrogens is 138 g/mol. The molecule has 1 heterocycles. The Hall–Kier alpha value is -0.830. The van der Waals surface area contributed by atoms with Gasteiger partial charge in [0.25, 0.3) is 0 Å². The lowest BCUT2D eigenvalue weighted by Gasteiger charge is -2.08. The van der Waals surface area contributed by atoms with Crippen LogP contribution in [0.1, 0.15) is 31.4 Å². The number of aryl methyl sites for hydroxylation is 1. The van der Waals surface area contributed by atoms with Crippen molar-refractivity contribution in [3.05, 3.63) is 17.7 Å². The maximum absolute atomic E-state index is 5.52. The highest BCUT2D eigenvalue weighted by atomic mass is 15.1. The molecule has 0 atom stereocenters. The summed E-state index contributed by atoms with van der Waals surface area (Å²) in [6, 6.07) is 0.453. The summed E-state index contributed by atoms with van der Waals surface area (Å²) in [7, 11) is 0. The maximum atomic E-state index is 5.52. The largest absolute Gasteiger partial charge is 0.331 e. The Morgan fingerprint density at radius 3 is 2.64 bits per heavy atom.